The maximum Gasteiger partial charge on any atom is 0.251 e. The van der Waals surface area contributed by atoms with Crippen molar-refractivity contribution < 1.29 is 9.53 Å². The largest absolute Gasteiger partial charge is 0.457 e. The summed E-state index contributed by atoms with van der Waals surface area (Å²) in [6.45, 7) is 3.58. The lowest BCUT2D eigenvalue weighted by molar-refractivity contribution is -0.0418. The van der Waals surface area contributed by atoms with Gasteiger partial charge in [-0.2, -0.15) is 0 Å². The van der Waals surface area contributed by atoms with Gasteiger partial charge in [0.1, 0.15) is 11.5 Å². The van der Waals surface area contributed by atoms with Gasteiger partial charge in [-0.1, -0.05) is 18.2 Å². The molecule has 1 amide bonds. The number of hydrogen-bond acceptors (Lipinski definition) is 3. The van der Waals surface area contributed by atoms with Crippen LogP contribution in [0.5, 0.6) is 11.5 Å². The summed E-state index contributed by atoms with van der Waals surface area (Å²) >= 11 is 0. The molecule has 5 atom stereocenters. The van der Waals surface area contributed by atoms with Crippen LogP contribution in [0.3, 0.4) is 0 Å². The van der Waals surface area contributed by atoms with E-state index in [1.54, 1.807) is 0 Å². The third-order valence-electron chi connectivity index (χ3n) is 6.18. The summed E-state index contributed by atoms with van der Waals surface area (Å²) in [6.07, 6.45) is 2.56. The minimum atomic E-state index is 0.0451. The molecule has 4 aliphatic rings. The van der Waals surface area contributed by atoms with Gasteiger partial charge in [0.15, 0.2) is 0 Å². The molecular formula is C22H24N2O2. The van der Waals surface area contributed by atoms with Gasteiger partial charge in [0, 0.05) is 31.2 Å². The second-order valence-electron chi connectivity index (χ2n) is 8.01. The number of rotatable bonds is 4. The van der Waals surface area contributed by atoms with Crippen molar-refractivity contribution in [2.75, 3.05) is 19.6 Å². The van der Waals surface area contributed by atoms with E-state index in [1.807, 2.05) is 54.6 Å². The number of benzene rings is 2. The molecule has 4 nitrogen and oxygen atoms in total. The Morgan fingerprint density at radius 1 is 0.885 bits per heavy atom. The third kappa shape index (κ3) is 2.99. The Labute approximate surface area is 154 Å². The first-order chi connectivity index (χ1) is 12.7. The second kappa shape index (κ2) is 6.44. The van der Waals surface area contributed by atoms with Crippen LogP contribution in [0.25, 0.3) is 0 Å². The Morgan fingerprint density at radius 3 is 2.19 bits per heavy atom. The zero-order chi connectivity index (χ0) is 17.5. The van der Waals surface area contributed by atoms with Crippen molar-refractivity contribution in [1.82, 2.24) is 10.2 Å². The predicted octanol–water partition coefficient (Wildman–Crippen LogP) is 3.55. The van der Waals surface area contributed by atoms with Crippen LogP contribution in [0.2, 0.25) is 0 Å². The van der Waals surface area contributed by atoms with E-state index in [2.05, 4.69) is 10.2 Å². The van der Waals surface area contributed by atoms with Crippen molar-refractivity contribution >= 4 is 5.91 Å². The number of nitrogens with one attached hydrogen (secondary N) is 1. The van der Waals surface area contributed by atoms with Crippen molar-refractivity contribution in [3.05, 3.63) is 60.2 Å². The topological polar surface area (TPSA) is 41.6 Å². The predicted molar refractivity (Wildman–Crippen MR) is 100 cm³/mol. The Kier molecular flexibility index (Phi) is 3.93. The van der Waals surface area contributed by atoms with Crippen LogP contribution >= 0.6 is 0 Å². The van der Waals surface area contributed by atoms with E-state index in [9.17, 15) is 4.79 Å². The molecule has 4 heteroatoms. The van der Waals surface area contributed by atoms with Crippen LogP contribution in [0.1, 0.15) is 23.2 Å². The van der Waals surface area contributed by atoms with E-state index < -0.39 is 0 Å². The summed E-state index contributed by atoms with van der Waals surface area (Å²) in [5, 5.41) is 3.34. The Balaban J connectivity index is 1.25. The lowest BCUT2D eigenvalue weighted by atomic mass is 9.65. The van der Waals surface area contributed by atoms with E-state index in [4.69, 9.17) is 4.74 Å². The molecular weight excluding hydrogens is 324 g/mol. The minimum Gasteiger partial charge on any atom is -0.457 e. The fourth-order valence-corrected chi connectivity index (χ4v) is 5.18. The molecule has 3 saturated heterocycles. The van der Waals surface area contributed by atoms with E-state index in [1.165, 1.54) is 19.4 Å². The van der Waals surface area contributed by atoms with Crippen molar-refractivity contribution in [3.63, 3.8) is 0 Å². The fourth-order valence-electron chi connectivity index (χ4n) is 5.18. The van der Waals surface area contributed by atoms with Gasteiger partial charge in [-0.15, -0.1) is 0 Å². The average Bonchev–Trinajstić information content (AvgIpc) is 2.65. The highest BCUT2D eigenvalue weighted by Crippen LogP contribution is 2.43. The summed E-state index contributed by atoms with van der Waals surface area (Å²) in [7, 11) is 0. The third-order valence-corrected chi connectivity index (χ3v) is 6.18. The molecule has 1 saturated carbocycles. The number of carbonyl (C=O) groups is 1. The summed E-state index contributed by atoms with van der Waals surface area (Å²) in [5.41, 5.74) is 0.708. The molecule has 0 radical (unpaired) electrons. The number of ether oxygens (including phenoxy) is 1. The zero-order valence-electron chi connectivity index (χ0n) is 14.8. The van der Waals surface area contributed by atoms with Gasteiger partial charge >= 0.3 is 0 Å². The van der Waals surface area contributed by atoms with Gasteiger partial charge in [0.25, 0.3) is 5.91 Å². The summed E-state index contributed by atoms with van der Waals surface area (Å²) in [6, 6.07) is 17.5. The van der Waals surface area contributed by atoms with Gasteiger partial charge in [0.05, 0.1) is 0 Å². The van der Waals surface area contributed by atoms with E-state index in [-0.39, 0.29) is 5.91 Å². The number of amides is 1. The SMILES string of the molecule is O=C(NC1[C@@H]2CC3C[C@H]1CN(C3)C2)c1ccc(Oc2ccccc2)cc1. The lowest BCUT2D eigenvalue weighted by Crippen LogP contribution is -2.64. The number of piperidine rings is 3. The average molecular weight is 348 g/mol. The second-order valence-corrected chi connectivity index (χ2v) is 8.01. The van der Waals surface area contributed by atoms with E-state index >= 15 is 0 Å². The number of carbonyl (C=O) groups excluding carboxylic acids is 1. The Bertz CT molecular complexity index is 760. The summed E-state index contributed by atoms with van der Waals surface area (Å²) in [5.74, 6) is 3.71. The van der Waals surface area contributed by atoms with Crippen LogP contribution in [0, 0.1) is 17.8 Å². The molecule has 3 aliphatic heterocycles. The molecule has 0 spiro atoms. The van der Waals surface area contributed by atoms with Gasteiger partial charge < -0.3 is 15.0 Å². The van der Waals surface area contributed by atoms with Gasteiger partial charge in [-0.3, -0.25) is 4.79 Å². The van der Waals surface area contributed by atoms with Crippen molar-refractivity contribution in [2.45, 2.75) is 18.9 Å². The lowest BCUT2D eigenvalue weighted by Gasteiger charge is -2.55. The quantitative estimate of drug-likeness (QED) is 0.919. The van der Waals surface area contributed by atoms with Gasteiger partial charge in [-0.25, -0.2) is 0 Å². The number of para-hydroxylation sites is 1. The molecule has 26 heavy (non-hydrogen) atoms. The normalized spacial score (nSPS) is 31.6. The zero-order valence-corrected chi connectivity index (χ0v) is 14.8. The minimum absolute atomic E-state index is 0.0451. The van der Waals surface area contributed by atoms with Crippen molar-refractivity contribution in [3.8, 4) is 11.5 Å². The van der Waals surface area contributed by atoms with Crippen LogP contribution in [-0.4, -0.2) is 36.5 Å². The van der Waals surface area contributed by atoms with Crippen LogP contribution in [0.4, 0.5) is 0 Å². The van der Waals surface area contributed by atoms with Crippen LogP contribution < -0.4 is 10.1 Å². The van der Waals surface area contributed by atoms with E-state index in [0.717, 1.165) is 30.5 Å². The molecule has 4 fully saturated rings. The highest BCUT2D eigenvalue weighted by atomic mass is 16.5. The standard InChI is InChI=1S/C22H24N2O2/c25-22(23-21-17-10-15-11-18(21)14-24(12-15)13-17)16-6-8-20(9-7-16)26-19-4-2-1-3-5-19/h1-9,15,17-18,21H,10-14H2,(H,23,25)/t15?,17-,18+,21?. The summed E-state index contributed by atoms with van der Waals surface area (Å²) < 4.78 is 5.80. The van der Waals surface area contributed by atoms with Crippen molar-refractivity contribution in [1.29, 1.82) is 0 Å². The molecule has 6 rings (SSSR count). The van der Waals surface area contributed by atoms with Crippen LogP contribution in [-0.2, 0) is 0 Å². The molecule has 2 aromatic rings. The molecule has 3 unspecified atom stereocenters. The molecule has 2 aromatic carbocycles. The maximum absolute atomic E-state index is 12.7. The van der Waals surface area contributed by atoms with Gasteiger partial charge in [0.2, 0.25) is 0 Å². The summed E-state index contributed by atoms with van der Waals surface area (Å²) in [4.78, 5) is 15.3. The Hall–Kier alpha value is -2.33. The molecule has 4 bridgehead atoms. The fraction of sp³-hybridized carbons (Fsp3) is 0.409. The number of hydrogen-bond donors (Lipinski definition) is 1. The first-order valence-electron chi connectivity index (χ1n) is 9.61. The first-order valence-corrected chi connectivity index (χ1v) is 9.61. The molecule has 1 aliphatic carbocycles. The van der Waals surface area contributed by atoms with E-state index in [0.29, 0.717) is 23.4 Å². The highest BCUT2D eigenvalue weighted by molar-refractivity contribution is 5.94. The first kappa shape index (κ1) is 15.9. The monoisotopic (exact) mass is 348 g/mol. The van der Waals surface area contributed by atoms with Crippen molar-refractivity contribution in [2.24, 2.45) is 17.8 Å². The van der Waals surface area contributed by atoms with Crippen LogP contribution in [0.15, 0.2) is 54.6 Å². The van der Waals surface area contributed by atoms with Gasteiger partial charge in [-0.05, 0) is 67.0 Å². The number of nitrogens with zero attached hydrogens (tertiary/aromatic N) is 1. The molecule has 134 valence electrons. The maximum atomic E-state index is 12.7. The molecule has 3 heterocycles. The molecule has 1 N–H and O–H groups in total. The Morgan fingerprint density at radius 2 is 1.54 bits per heavy atom. The molecule has 0 aromatic heterocycles. The highest BCUT2D eigenvalue weighted by Gasteiger charge is 2.47. The smallest absolute Gasteiger partial charge is 0.251 e.